The zero-order valence-corrected chi connectivity index (χ0v) is 19.3. The molecule has 176 valence electrons. The van der Waals surface area contributed by atoms with E-state index in [-0.39, 0.29) is 28.7 Å². The topological polar surface area (TPSA) is 114 Å². The van der Waals surface area contributed by atoms with Crippen molar-refractivity contribution in [1.82, 2.24) is 0 Å². The van der Waals surface area contributed by atoms with Crippen molar-refractivity contribution in [2.24, 2.45) is 0 Å². The molecule has 0 saturated heterocycles. The number of para-hydroxylation sites is 4. The average molecular weight is 482 g/mol. The summed E-state index contributed by atoms with van der Waals surface area (Å²) in [5, 5.41) is 2.68. The van der Waals surface area contributed by atoms with Gasteiger partial charge in [-0.1, -0.05) is 30.3 Å². The van der Waals surface area contributed by atoms with Crippen LogP contribution in [0.25, 0.3) is 0 Å². The van der Waals surface area contributed by atoms with Crippen molar-refractivity contribution in [2.75, 3.05) is 28.6 Å². The highest BCUT2D eigenvalue weighted by molar-refractivity contribution is 7.92. The third-order valence-electron chi connectivity index (χ3n) is 5.21. The Morgan fingerprint density at radius 2 is 1.76 bits per heavy atom. The molecule has 1 aliphatic rings. The molecule has 1 unspecified atom stereocenters. The molecule has 0 saturated carbocycles. The lowest BCUT2D eigenvalue weighted by molar-refractivity contribution is -0.123. The number of hydrogen-bond acceptors (Lipinski definition) is 6. The zero-order valence-electron chi connectivity index (χ0n) is 18.5. The van der Waals surface area contributed by atoms with E-state index in [9.17, 15) is 18.0 Å². The van der Waals surface area contributed by atoms with Crippen molar-refractivity contribution in [2.45, 2.75) is 17.9 Å². The van der Waals surface area contributed by atoms with E-state index in [2.05, 4.69) is 10.0 Å². The molecule has 34 heavy (non-hydrogen) atoms. The fraction of sp³-hybridized carbons (Fsp3) is 0.167. The minimum absolute atomic E-state index is 0.0333. The van der Waals surface area contributed by atoms with Gasteiger partial charge in [-0.05, 0) is 42.5 Å². The van der Waals surface area contributed by atoms with E-state index in [1.165, 1.54) is 37.1 Å². The summed E-state index contributed by atoms with van der Waals surface area (Å²) in [6.45, 7) is 1.45. The number of rotatable bonds is 6. The zero-order chi connectivity index (χ0) is 24.3. The number of amides is 2. The SMILES string of the molecule is COc1ccccc1NS(=O)(=O)c1cccc(NC(=O)C2CN(C(C)=O)c3ccccc3O2)c1. The fourth-order valence-corrected chi connectivity index (χ4v) is 4.68. The lowest BCUT2D eigenvalue weighted by Crippen LogP contribution is -2.48. The second-order valence-electron chi connectivity index (χ2n) is 7.53. The van der Waals surface area contributed by atoms with E-state index in [0.29, 0.717) is 17.2 Å². The molecule has 0 fully saturated rings. The highest BCUT2D eigenvalue weighted by atomic mass is 32.2. The number of methoxy groups -OCH3 is 1. The molecular weight excluding hydrogens is 458 g/mol. The van der Waals surface area contributed by atoms with Gasteiger partial charge in [0.15, 0.2) is 6.10 Å². The standard InChI is InChI=1S/C24H23N3O6S/c1-16(28)27-15-23(33-22-13-6-4-11-20(22)27)24(29)25-17-8-7-9-18(14-17)34(30,31)26-19-10-3-5-12-21(19)32-2/h3-14,23,26H,15H2,1-2H3,(H,25,29). The van der Waals surface area contributed by atoms with Gasteiger partial charge in [-0.3, -0.25) is 14.3 Å². The van der Waals surface area contributed by atoms with Gasteiger partial charge >= 0.3 is 0 Å². The van der Waals surface area contributed by atoms with E-state index in [0.717, 1.165) is 0 Å². The highest BCUT2D eigenvalue weighted by Crippen LogP contribution is 2.33. The summed E-state index contributed by atoms with van der Waals surface area (Å²) in [5.74, 6) is 0.0683. The summed E-state index contributed by atoms with van der Waals surface area (Å²) in [6, 6.07) is 19.4. The molecule has 9 nitrogen and oxygen atoms in total. The monoisotopic (exact) mass is 481 g/mol. The van der Waals surface area contributed by atoms with E-state index in [4.69, 9.17) is 9.47 Å². The maximum Gasteiger partial charge on any atom is 0.267 e. The van der Waals surface area contributed by atoms with E-state index in [1.54, 1.807) is 54.6 Å². The predicted octanol–water partition coefficient (Wildman–Crippen LogP) is 3.25. The molecule has 1 heterocycles. The largest absolute Gasteiger partial charge is 0.495 e. The van der Waals surface area contributed by atoms with Crippen LogP contribution < -0.4 is 24.4 Å². The van der Waals surface area contributed by atoms with Crippen LogP contribution in [0.2, 0.25) is 0 Å². The summed E-state index contributed by atoms with van der Waals surface area (Å²) in [6.07, 6.45) is -0.967. The number of nitrogens with zero attached hydrogens (tertiary/aromatic N) is 1. The molecule has 0 spiro atoms. The minimum atomic E-state index is -3.95. The summed E-state index contributed by atoms with van der Waals surface area (Å²) in [4.78, 5) is 26.4. The number of ether oxygens (including phenoxy) is 2. The number of fused-ring (bicyclic) bond motifs is 1. The molecule has 4 rings (SSSR count). The predicted molar refractivity (Wildman–Crippen MR) is 128 cm³/mol. The van der Waals surface area contributed by atoms with Crippen molar-refractivity contribution < 1.29 is 27.5 Å². The molecule has 3 aromatic rings. The van der Waals surface area contributed by atoms with Crippen molar-refractivity contribution in [1.29, 1.82) is 0 Å². The lowest BCUT2D eigenvalue weighted by atomic mass is 10.1. The van der Waals surface area contributed by atoms with Gasteiger partial charge in [-0.25, -0.2) is 8.42 Å². The number of carbonyl (C=O) groups excluding carboxylic acids is 2. The van der Waals surface area contributed by atoms with Gasteiger partial charge in [0.25, 0.3) is 15.9 Å². The average Bonchev–Trinajstić information content (AvgIpc) is 2.83. The summed E-state index contributed by atoms with van der Waals surface area (Å²) in [5.41, 5.74) is 1.15. The Morgan fingerprint density at radius 1 is 1.03 bits per heavy atom. The van der Waals surface area contributed by atoms with Crippen molar-refractivity contribution >= 4 is 38.9 Å². The molecule has 3 aromatic carbocycles. The fourth-order valence-electron chi connectivity index (χ4n) is 3.57. The number of benzene rings is 3. The Labute approximate surface area is 197 Å². The van der Waals surface area contributed by atoms with Crippen LogP contribution >= 0.6 is 0 Å². The smallest absolute Gasteiger partial charge is 0.267 e. The Hall–Kier alpha value is -4.05. The first kappa shape index (κ1) is 23.1. The van der Waals surface area contributed by atoms with E-state index < -0.39 is 22.0 Å². The van der Waals surface area contributed by atoms with Crippen LogP contribution in [-0.4, -0.2) is 40.0 Å². The summed E-state index contributed by atoms with van der Waals surface area (Å²) in [7, 11) is -2.51. The normalized spacial score (nSPS) is 15.0. The Kier molecular flexibility index (Phi) is 6.42. The van der Waals surface area contributed by atoms with E-state index >= 15 is 0 Å². The van der Waals surface area contributed by atoms with Crippen LogP contribution in [0.15, 0.2) is 77.7 Å². The van der Waals surface area contributed by atoms with Crippen LogP contribution in [0.4, 0.5) is 17.1 Å². The number of sulfonamides is 1. The molecule has 0 aromatic heterocycles. The molecular formula is C24H23N3O6S. The van der Waals surface area contributed by atoms with Crippen LogP contribution in [-0.2, 0) is 19.6 Å². The first-order chi connectivity index (χ1) is 16.3. The van der Waals surface area contributed by atoms with Gasteiger partial charge in [-0.2, -0.15) is 0 Å². The van der Waals surface area contributed by atoms with Crippen LogP contribution in [0, 0.1) is 0 Å². The maximum absolute atomic E-state index is 12.9. The second-order valence-corrected chi connectivity index (χ2v) is 9.21. The van der Waals surface area contributed by atoms with Gasteiger partial charge in [0.05, 0.1) is 29.9 Å². The molecule has 1 aliphatic heterocycles. The first-order valence-corrected chi connectivity index (χ1v) is 11.9. The van der Waals surface area contributed by atoms with Gasteiger partial charge in [0, 0.05) is 12.6 Å². The number of anilines is 3. The third kappa shape index (κ3) is 4.81. The highest BCUT2D eigenvalue weighted by Gasteiger charge is 2.32. The van der Waals surface area contributed by atoms with Crippen LogP contribution in [0.3, 0.4) is 0 Å². The Bertz CT molecular complexity index is 1340. The van der Waals surface area contributed by atoms with Gasteiger partial charge < -0.3 is 19.7 Å². The third-order valence-corrected chi connectivity index (χ3v) is 6.57. The van der Waals surface area contributed by atoms with Crippen LogP contribution in [0.1, 0.15) is 6.92 Å². The van der Waals surface area contributed by atoms with Crippen molar-refractivity contribution in [3.8, 4) is 11.5 Å². The second kappa shape index (κ2) is 9.44. The summed E-state index contributed by atoms with van der Waals surface area (Å²) >= 11 is 0. The van der Waals surface area contributed by atoms with Gasteiger partial charge in [-0.15, -0.1) is 0 Å². The van der Waals surface area contributed by atoms with Crippen molar-refractivity contribution in [3.05, 3.63) is 72.8 Å². The summed E-state index contributed by atoms with van der Waals surface area (Å²) < 4.78 is 39.3. The maximum atomic E-state index is 12.9. The van der Waals surface area contributed by atoms with Gasteiger partial charge in [0.2, 0.25) is 5.91 Å². The van der Waals surface area contributed by atoms with Crippen molar-refractivity contribution in [3.63, 3.8) is 0 Å². The Balaban J connectivity index is 1.52. The Morgan fingerprint density at radius 3 is 2.53 bits per heavy atom. The van der Waals surface area contributed by atoms with Gasteiger partial charge in [0.1, 0.15) is 11.5 Å². The molecule has 10 heteroatoms. The molecule has 1 atom stereocenters. The quantitative estimate of drug-likeness (QED) is 0.559. The molecule has 0 aliphatic carbocycles. The van der Waals surface area contributed by atoms with E-state index in [1.807, 2.05) is 0 Å². The minimum Gasteiger partial charge on any atom is -0.495 e. The molecule has 0 radical (unpaired) electrons. The number of nitrogens with one attached hydrogen (secondary N) is 2. The molecule has 2 amide bonds. The molecule has 2 N–H and O–H groups in total. The number of hydrogen-bond donors (Lipinski definition) is 2. The molecule has 0 bridgehead atoms. The number of carbonyl (C=O) groups is 2. The lowest BCUT2D eigenvalue weighted by Gasteiger charge is -2.33. The first-order valence-electron chi connectivity index (χ1n) is 10.4. The van der Waals surface area contributed by atoms with Crippen LogP contribution in [0.5, 0.6) is 11.5 Å².